The quantitative estimate of drug-likeness (QED) is 0.885. The molecule has 1 atom stereocenters. The Morgan fingerprint density at radius 1 is 1.05 bits per heavy atom. The molecule has 114 valence electrons. The van der Waals surface area contributed by atoms with Crippen molar-refractivity contribution in [1.29, 1.82) is 0 Å². The number of benzene rings is 1. The average molecular weight is 285 g/mol. The lowest BCUT2D eigenvalue weighted by Gasteiger charge is -2.14. The number of imidazole rings is 1. The summed E-state index contributed by atoms with van der Waals surface area (Å²) in [6.07, 6.45) is 0. The molecule has 1 heterocycles. The van der Waals surface area contributed by atoms with Crippen molar-refractivity contribution >= 4 is 5.82 Å². The molecule has 0 aliphatic heterocycles. The van der Waals surface area contributed by atoms with Crippen molar-refractivity contribution in [2.45, 2.75) is 53.0 Å². The topological polar surface area (TPSA) is 43.8 Å². The first kappa shape index (κ1) is 15.6. The molecular formula is C18H27N3. The zero-order valence-corrected chi connectivity index (χ0v) is 13.8. The number of hydrogen-bond donors (Lipinski definition) is 1. The summed E-state index contributed by atoms with van der Waals surface area (Å²) in [5.74, 6) is 3.07. The van der Waals surface area contributed by atoms with Crippen LogP contribution in [0.25, 0.3) is 0 Å². The highest BCUT2D eigenvalue weighted by Gasteiger charge is 2.22. The van der Waals surface area contributed by atoms with Gasteiger partial charge in [-0.25, -0.2) is 4.98 Å². The summed E-state index contributed by atoms with van der Waals surface area (Å²) in [5, 5.41) is 0. The van der Waals surface area contributed by atoms with E-state index in [0.29, 0.717) is 11.8 Å². The molecule has 2 rings (SSSR count). The molecular weight excluding hydrogens is 258 g/mol. The number of nitrogens with two attached hydrogens (primary N) is 1. The molecule has 0 aliphatic carbocycles. The second-order valence-electron chi connectivity index (χ2n) is 6.53. The number of rotatable bonds is 5. The van der Waals surface area contributed by atoms with Crippen LogP contribution < -0.4 is 5.73 Å². The highest BCUT2D eigenvalue weighted by molar-refractivity contribution is 5.45. The van der Waals surface area contributed by atoms with Gasteiger partial charge in [0.15, 0.2) is 0 Å². The van der Waals surface area contributed by atoms with Gasteiger partial charge in [-0.1, -0.05) is 65.0 Å². The lowest BCUT2D eigenvalue weighted by atomic mass is 9.98. The molecule has 0 amide bonds. The fraction of sp³-hybridized carbons (Fsp3) is 0.500. The smallest absolute Gasteiger partial charge is 0.127 e. The van der Waals surface area contributed by atoms with E-state index in [1.807, 2.05) is 6.07 Å². The van der Waals surface area contributed by atoms with Crippen LogP contribution >= 0.6 is 0 Å². The monoisotopic (exact) mass is 285 g/mol. The molecule has 0 spiro atoms. The van der Waals surface area contributed by atoms with Crippen LogP contribution in [-0.4, -0.2) is 9.55 Å². The van der Waals surface area contributed by atoms with Crippen LogP contribution in [0.1, 0.15) is 63.5 Å². The molecule has 2 N–H and O–H groups in total. The Balaban J connectivity index is 2.45. The van der Waals surface area contributed by atoms with Crippen molar-refractivity contribution in [1.82, 2.24) is 9.55 Å². The molecule has 0 saturated carbocycles. The van der Waals surface area contributed by atoms with Gasteiger partial charge in [-0.3, -0.25) is 0 Å². The lowest BCUT2D eigenvalue weighted by molar-refractivity contribution is 0.502. The van der Waals surface area contributed by atoms with Gasteiger partial charge < -0.3 is 10.3 Å². The molecule has 21 heavy (non-hydrogen) atoms. The molecule has 0 saturated heterocycles. The first-order valence-corrected chi connectivity index (χ1v) is 7.82. The highest BCUT2D eigenvalue weighted by atomic mass is 15.1. The molecule has 0 fully saturated rings. The van der Waals surface area contributed by atoms with E-state index in [9.17, 15) is 0 Å². The maximum atomic E-state index is 6.43. The third kappa shape index (κ3) is 3.29. The van der Waals surface area contributed by atoms with Gasteiger partial charge in [-0.15, -0.1) is 0 Å². The van der Waals surface area contributed by atoms with Crippen LogP contribution in [0.3, 0.4) is 0 Å². The molecule has 1 aromatic carbocycles. The molecule has 1 aromatic heterocycles. The van der Waals surface area contributed by atoms with Crippen LogP contribution in [-0.2, 0) is 6.54 Å². The molecule has 0 bridgehead atoms. The van der Waals surface area contributed by atoms with Gasteiger partial charge in [0, 0.05) is 18.4 Å². The van der Waals surface area contributed by atoms with Crippen LogP contribution in [0.15, 0.2) is 30.3 Å². The van der Waals surface area contributed by atoms with Crippen molar-refractivity contribution in [3.8, 4) is 0 Å². The van der Waals surface area contributed by atoms with Crippen LogP contribution in [0.4, 0.5) is 5.82 Å². The number of hydrogen-bond acceptors (Lipinski definition) is 2. The second-order valence-corrected chi connectivity index (χ2v) is 6.53. The molecule has 0 radical (unpaired) electrons. The summed E-state index contributed by atoms with van der Waals surface area (Å²) in [7, 11) is 0. The molecule has 1 unspecified atom stereocenters. The average Bonchev–Trinajstić information content (AvgIpc) is 2.76. The van der Waals surface area contributed by atoms with Crippen LogP contribution in [0, 0.1) is 5.92 Å². The third-order valence-electron chi connectivity index (χ3n) is 3.84. The number of nitrogen functional groups attached to an aromatic ring is 1. The van der Waals surface area contributed by atoms with E-state index in [1.54, 1.807) is 0 Å². The minimum atomic E-state index is 0.220. The third-order valence-corrected chi connectivity index (χ3v) is 3.84. The van der Waals surface area contributed by atoms with Gasteiger partial charge in [-0.2, -0.15) is 0 Å². The van der Waals surface area contributed by atoms with Gasteiger partial charge in [0.25, 0.3) is 0 Å². The Morgan fingerprint density at radius 2 is 1.67 bits per heavy atom. The Kier molecular flexibility index (Phi) is 4.71. The summed E-state index contributed by atoms with van der Waals surface area (Å²) in [5.41, 5.74) is 8.69. The van der Waals surface area contributed by atoms with E-state index in [-0.39, 0.29) is 5.92 Å². The summed E-state index contributed by atoms with van der Waals surface area (Å²) < 4.78 is 2.20. The van der Waals surface area contributed by atoms with Gasteiger partial charge >= 0.3 is 0 Å². The Morgan fingerprint density at radius 3 is 2.19 bits per heavy atom. The summed E-state index contributed by atoms with van der Waals surface area (Å²) >= 11 is 0. The van der Waals surface area contributed by atoms with E-state index in [1.165, 1.54) is 5.56 Å². The van der Waals surface area contributed by atoms with E-state index in [0.717, 1.165) is 23.9 Å². The van der Waals surface area contributed by atoms with Gasteiger partial charge in [0.05, 0.1) is 5.69 Å². The SMILES string of the molecule is CC(C)Cn1c(C(C)C)nc(C(C)c2ccccc2)c1N. The van der Waals surface area contributed by atoms with E-state index in [2.05, 4.69) is 63.5 Å². The maximum absolute atomic E-state index is 6.43. The molecule has 3 nitrogen and oxygen atoms in total. The minimum absolute atomic E-state index is 0.220. The first-order valence-electron chi connectivity index (χ1n) is 7.82. The lowest BCUT2D eigenvalue weighted by Crippen LogP contribution is -2.12. The Labute approximate surface area is 128 Å². The van der Waals surface area contributed by atoms with Crippen molar-refractivity contribution in [3.63, 3.8) is 0 Å². The fourth-order valence-corrected chi connectivity index (χ4v) is 2.72. The number of aromatic nitrogens is 2. The fourth-order valence-electron chi connectivity index (χ4n) is 2.72. The van der Waals surface area contributed by atoms with Crippen LogP contribution in [0.5, 0.6) is 0 Å². The van der Waals surface area contributed by atoms with Crippen molar-refractivity contribution < 1.29 is 0 Å². The van der Waals surface area contributed by atoms with Gasteiger partial charge in [0.2, 0.25) is 0 Å². The van der Waals surface area contributed by atoms with Crippen molar-refractivity contribution in [2.24, 2.45) is 5.92 Å². The van der Waals surface area contributed by atoms with Gasteiger partial charge in [0.1, 0.15) is 11.6 Å². The molecule has 3 heteroatoms. The predicted molar refractivity (Wildman–Crippen MR) is 89.5 cm³/mol. The van der Waals surface area contributed by atoms with E-state index < -0.39 is 0 Å². The highest BCUT2D eigenvalue weighted by Crippen LogP contribution is 2.31. The zero-order chi connectivity index (χ0) is 15.6. The Hall–Kier alpha value is -1.77. The molecule has 2 aromatic rings. The number of anilines is 1. The van der Waals surface area contributed by atoms with Gasteiger partial charge in [-0.05, 0) is 11.5 Å². The summed E-state index contributed by atoms with van der Waals surface area (Å²) in [6, 6.07) is 10.4. The normalized spacial score (nSPS) is 13.1. The van der Waals surface area contributed by atoms with Crippen LogP contribution in [0.2, 0.25) is 0 Å². The van der Waals surface area contributed by atoms with E-state index >= 15 is 0 Å². The van der Waals surface area contributed by atoms with Crippen molar-refractivity contribution in [2.75, 3.05) is 5.73 Å². The predicted octanol–water partition coefficient (Wildman–Crippen LogP) is 4.40. The molecule has 0 aliphatic rings. The first-order chi connectivity index (χ1) is 9.91. The summed E-state index contributed by atoms with van der Waals surface area (Å²) in [4.78, 5) is 4.88. The summed E-state index contributed by atoms with van der Waals surface area (Å²) in [6.45, 7) is 11.9. The largest absolute Gasteiger partial charge is 0.384 e. The Bertz CT molecular complexity index is 582. The minimum Gasteiger partial charge on any atom is -0.384 e. The number of nitrogens with zero attached hydrogens (tertiary/aromatic N) is 2. The standard InChI is InChI=1S/C18H27N3/c1-12(2)11-21-17(19)16(20-18(21)13(3)4)14(5)15-9-7-6-8-10-15/h6-10,12-14H,11,19H2,1-5H3. The van der Waals surface area contributed by atoms with E-state index in [4.69, 9.17) is 10.7 Å². The maximum Gasteiger partial charge on any atom is 0.127 e. The van der Waals surface area contributed by atoms with Crippen molar-refractivity contribution in [3.05, 3.63) is 47.4 Å². The second kappa shape index (κ2) is 6.33. The zero-order valence-electron chi connectivity index (χ0n) is 13.8.